The van der Waals surface area contributed by atoms with E-state index < -0.39 is 5.97 Å². The number of halogens is 2. The molecule has 5 aromatic rings. The Bertz CT molecular complexity index is 1570. The minimum Gasteiger partial charge on any atom is -0.489 e. The fourth-order valence-electron chi connectivity index (χ4n) is 3.98. The minimum atomic E-state index is -0.936. The summed E-state index contributed by atoms with van der Waals surface area (Å²) < 4.78 is 12.9. The number of aromatic carboxylic acids is 1. The van der Waals surface area contributed by atoms with Crippen LogP contribution in [0.2, 0.25) is 10.0 Å². The van der Waals surface area contributed by atoms with Crippen molar-refractivity contribution >= 4 is 50.6 Å². The van der Waals surface area contributed by atoms with E-state index in [2.05, 4.69) is 11.2 Å². The van der Waals surface area contributed by atoms with Crippen molar-refractivity contribution in [2.24, 2.45) is 0 Å². The maximum Gasteiger partial charge on any atom is 0.335 e. The zero-order valence-electron chi connectivity index (χ0n) is 19.4. The second-order valence-corrected chi connectivity index (χ2v) is 10.6. The molecule has 2 aromatic heterocycles. The largest absolute Gasteiger partial charge is 0.489 e. The number of thiophene rings is 1. The molecule has 0 bridgehead atoms. The quantitative estimate of drug-likeness (QED) is 0.224. The third-order valence-corrected chi connectivity index (χ3v) is 7.53. The standard InChI is InChI=1S/C28H21Cl2NO4S/c1-15(2)27-22(26(31-35-27)21-12-19(29)8-10-23(21)30)14-34-20-9-7-18-11-24(36-25(18)13-20)16-3-5-17(6-4-16)28(32)33/h3-13,15H,14H2,1-2H3,(H,32,33). The fourth-order valence-corrected chi connectivity index (χ4v) is 5.46. The molecule has 0 fully saturated rings. The lowest BCUT2D eigenvalue weighted by Crippen LogP contribution is -2.01. The van der Waals surface area contributed by atoms with Gasteiger partial charge in [0.25, 0.3) is 0 Å². The molecular weight excluding hydrogens is 517 g/mol. The summed E-state index contributed by atoms with van der Waals surface area (Å²) in [4.78, 5) is 12.2. The third-order valence-electron chi connectivity index (χ3n) is 5.82. The van der Waals surface area contributed by atoms with Crippen LogP contribution in [0.5, 0.6) is 5.75 Å². The highest BCUT2D eigenvalue weighted by Gasteiger charge is 2.22. The zero-order valence-corrected chi connectivity index (χ0v) is 21.7. The van der Waals surface area contributed by atoms with E-state index in [0.717, 1.165) is 37.6 Å². The second kappa shape index (κ2) is 9.97. The molecule has 0 aliphatic carbocycles. The van der Waals surface area contributed by atoms with Crippen LogP contribution in [0.1, 0.15) is 41.4 Å². The smallest absolute Gasteiger partial charge is 0.335 e. The second-order valence-electron chi connectivity index (χ2n) is 8.63. The van der Waals surface area contributed by atoms with Crippen molar-refractivity contribution in [1.82, 2.24) is 5.16 Å². The molecule has 182 valence electrons. The topological polar surface area (TPSA) is 72.6 Å². The molecule has 0 aliphatic heterocycles. The fraction of sp³-hybridized carbons (Fsp3) is 0.143. The molecule has 36 heavy (non-hydrogen) atoms. The van der Waals surface area contributed by atoms with Crippen LogP contribution < -0.4 is 4.74 Å². The maximum atomic E-state index is 11.1. The van der Waals surface area contributed by atoms with Gasteiger partial charge in [-0.25, -0.2) is 4.79 Å². The Morgan fingerprint density at radius 3 is 2.56 bits per heavy atom. The number of benzene rings is 3. The van der Waals surface area contributed by atoms with E-state index in [9.17, 15) is 4.79 Å². The number of hydrogen-bond acceptors (Lipinski definition) is 5. The molecule has 0 aliphatic rings. The van der Waals surface area contributed by atoms with Gasteiger partial charge in [0.05, 0.1) is 16.1 Å². The maximum absolute atomic E-state index is 11.1. The Morgan fingerprint density at radius 1 is 1.06 bits per heavy atom. The molecular formula is C28H21Cl2NO4S. The van der Waals surface area contributed by atoms with Crippen LogP contribution in [0.3, 0.4) is 0 Å². The van der Waals surface area contributed by atoms with Gasteiger partial charge in [0.1, 0.15) is 23.8 Å². The molecule has 0 spiro atoms. The predicted molar refractivity (Wildman–Crippen MR) is 145 cm³/mol. The van der Waals surface area contributed by atoms with E-state index in [-0.39, 0.29) is 18.1 Å². The molecule has 2 heterocycles. The Labute approximate surface area is 221 Å². The van der Waals surface area contributed by atoms with E-state index in [1.165, 1.54) is 0 Å². The molecule has 0 unspecified atom stereocenters. The summed E-state index contributed by atoms with van der Waals surface area (Å²) in [6, 6.07) is 20.2. The van der Waals surface area contributed by atoms with E-state index in [0.29, 0.717) is 21.3 Å². The summed E-state index contributed by atoms with van der Waals surface area (Å²) in [7, 11) is 0. The molecule has 5 nitrogen and oxygen atoms in total. The third kappa shape index (κ3) is 4.85. The van der Waals surface area contributed by atoms with Crippen LogP contribution >= 0.6 is 34.5 Å². The van der Waals surface area contributed by atoms with Gasteiger partial charge < -0.3 is 14.4 Å². The van der Waals surface area contributed by atoms with Crippen LogP contribution in [0.15, 0.2) is 71.3 Å². The average molecular weight is 538 g/mol. The van der Waals surface area contributed by atoms with Gasteiger partial charge in [0.2, 0.25) is 0 Å². The van der Waals surface area contributed by atoms with Crippen molar-refractivity contribution in [2.45, 2.75) is 26.4 Å². The van der Waals surface area contributed by atoms with Crippen LogP contribution in [0.25, 0.3) is 31.8 Å². The molecule has 3 aromatic carbocycles. The number of aromatic nitrogens is 1. The summed E-state index contributed by atoms with van der Waals surface area (Å²) in [5.41, 5.74) is 3.39. The number of fused-ring (bicyclic) bond motifs is 1. The van der Waals surface area contributed by atoms with Crippen molar-refractivity contribution in [3.8, 4) is 27.4 Å². The molecule has 0 saturated carbocycles. The molecule has 5 rings (SSSR count). The van der Waals surface area contributed by atoms with Crippen molar-refractivity contribution < 1.29 is 19.2 Å². The van der Waals surface area contributed by atoms with Crippen LogP contribution in [0.4, 0.5) is 0 Å². The molecule has 8 heteroatoms. The lowest BCUT2D eigenvalue weighted by atomic mass is 10.0. The van der Waals surface area contributed by atoms with Crippen molar-refractivity contribution in [3.05, 3.63) is 93.7 Å². The van der Waals surface area contributed by atoms with E-state index in [1.807, 2.05) is 44.2 Å². The highest BCUT2D eigenvalue weighted by Crippen LogP contribution is 2.38. The van der Waals surface area contributed by atoms with Crippen molar-refractivity contribution in [1.29, 1.82) is 0 Å². The van der Waals surface area contributed by atoms with E-state index >= 15 is 0 Å². The summed E-state index contributed by atoms with van der Waals surface area (Å²) in [6.45, 7) is 4.33. The zero-order chi connectivity index (χ0) is 25.4. The summed E-state index contributed by atoms with van der Waals surface area (Å²) in [6.07, 6.45) is 0. The number of ether oxygens (including phenoxy) is 1. The molecule has 0 saturated heterocycles. The van der Waals surface area contributed by atoms with Crippen LogP contribution in [-0.4, -0.2) is 16.2 Å². The first-order valence-electron chi connectivity index (χ1n) is 11.2. The summed E-state index contributed by atoms with van der Waals surface area (Å²) in [5.74, 6) is 0.632. The Morgan fingerprint density at radius 2 is 1.83 bits per heavy atom. The van der Waals surface area contributed by atoms with Gasteiger partial charge in [0, 0.05) is 26.1 Å². The summed E-state index contributed by atoms with van der Waals surface area (Å²) in [5, 5.41) is 15.6. The van der Waals surface area contributed by atoms with Crippen molar-refractivity contribution in [3.63, 3.8) is 0 Å². The van der Waals surface area contributed by atoms with Crippen LogP contribution in [0, 0.1) is 0 Å². The number of carbonyl (C=O) groups is 1. The van der Waals surface area contributed by atoms with Gasteiger partial charge in [-0.2, -0.15) is 0 Å². The lowest BCUT2D eigenvalue weighted by molar-refractivity contribution is 0.0697. The monoisotopic (exact) mass is 537 g/mol. The number of hydrogen-bond donors (Lipinski definition) is 1. The lowest BCUT2D eigenvalue weighted by Gasteiger charge is -2.10. The molecule has 0 amide bonds. The number of rotatable bonds is 7. The van der Waals surface area contributed by atoms with Crippen molar-refractivity contribution in [2.75, 3.05) is 0 Å². The summed E-state index contributed by atoms with van der Waals surface area (Å²) >= 11 is 14.3. The Balaban J connectivity index is 1.42. The van der Waals surface area contributed by atoms with Gasteiger partial charge in [0.15, 0.2) is 0 Å². The van der Waals surface area contributed by atoms with Crippen LogP contribution in [-0.2, 0) is 6.61 Å². The predicted octanol–water partition coefficient (Wildman–Crippen LogP) is 8.93. The average Bonchev–Trinajstić information content (AvgIpc) is 3.48. The SMILES string of the molecule is CC(C)c1onc(-c2cc(Cl)ccc2Cl)c1COc1ccc2cc(-c3ccc(C(=O)O)cc3)sc2c1. The Hall–Kier alpha value is -3.32. The molecule has 1 N–H and O–H groups in total. The first-order chi connectivity index (χ1) is 17.3. The first kappa shape index (κ1) is 24.4. The van der Waals surface area contributed by atoms with Gasteiger partial charge in [-0.3, -0.25) is 0 Å². The van der Waals surface area contributed by atoms with Gasteiger partial charge in [-0.1, -0.05) is 54.3 Å². The van der Waals surface area contributed by atoms with Gasteiger partial charge in [-0.15, -0.1) is 11.3 Å². The van der Waals surface area contributed by atoms with Gasteiger partial charge in [-0.05, 0) is 65.5 Å². The van der Waals surface area contributed by atoms with E-state index in [1.54, 1.807) is 41.7 Å². The number of nitrogens with zero attached hydrogens (tertiary/aromatic N) is 1. The first-order valence-corrected chi connectivity index (χ1v) is 12.8. The normalized spacial score (nSPS) is 11.4. The number of carboxylic acid groups (broad SMARTS) is 1. The van der Waals surface area contributed by atoms with E-state index in [4.69, 9.17) is 37.6 Å². The number of carboxylic acids is 1. The van der Waals surface area contributed by atoms with Gasteiger partial charge >= 0.3 is 5.97 Å². The molecule has 0 radical (unpaired) electrons. The minimum absolute atomic E-state index is 0.109. The molecule has 0 atom stereocenters. The Kier molecular flexibility index (Phi) is 6.75. The highest BCUT2D eigenvalue weighted by molar-refractivity contribution is 7.22. The highest BCUT2D eigenvalue weighted by atomic mass is 35.5.